The summed E-state index contributed by atoms with van der Waals surface area (Å²) in [6.07, 6.45) is 1.37. The highest BCUT2D eigenvalue weighted by atomic mass is 35.5. The minimum absolute atomic E-state index is 0. The number of rotatable bonds is 2. The van der Waals surface area contributed by atoms with E-state index in [0.29, 0.717) is 5.56 Å². The molecule has 0 aromatic heterocycles. The van der Waals surface area contributed by atoms with Gasteiger partial charge in [-0.25, -0.2) is 0 Å². The van der Waals surface area contributed by atoms with E-state index < -0.39 is 0 Å². The Hall–Kier alpha value is -1.75. The molecule has 0 aliphatic heterocycles. The minimum Gasteiger partial charge on any atom is -0.507 e. The number of halogens is 1. The number of phenols is 1. The maximum Gasteiger partial charge on any atom is 0.211 e. The van der Waals surface area contributed by atoms with E-state index in [4.69, 9.17) is 11.5 Å². The van der Waals surface area contributed by atoms with E-state index in [0.717, 1.165) is 0 Å². The van der Waals surface area contributed by atoms with E-state index in [-0.39, 0.29) is 24.1 Å². The number of phenolic OH excluding ortho intramolecular Hbond substituents is 1. The second kappa shape index (κ2) is 5.82. The van der Waals surface area contributed by atoms with Crippen molar-refractivity contribution >= 4 is 24.6 Å². The quantitative estimate of drug-likeness (QED) is 0.378. The summed E-state index contributed by atoms with van der Waals surface area (Å²) in [5.74, 6) is 0.0173. The van der Waals surface area contributed by atoms with Crippen LogP contribution in [0.3, 0.4) is 0 Å². The molecule has 0 aliphatic rings. The van der Waals surface area contributed by atoms with Gasteiger partial charge in [-0.05, 0) is 12.1 Å². The van der Waals surface area contributed by atoms with Gasteiger partial charge in [0.25, 0.3) is 0 Å². The molecule has 0 unspecified atom stereocenters. The Kier molecular flexibility index (Phi) is 5.09. The average Bonchev–Trinajstić information content (AvgIpc) is 2.08. The van der Waals surface area contributed by atoms with Gasteiger partial charge in [0.05, 0.1) is 6.21 Å². The zero-order valence-electron chi connectivity index (χ0n) is 7.29. The third kappa shape index (κ3) is 3.77. The number of guanidine groups is 1. The Labute approximate surface area is 87.5 Å². The summed E-state index contributed by atoms with van der Waals surface area (Å²) in [7, 11) is 0. The Morgan fingerprint density at radius 2 is 1.93 bits per heavy atom. The van der Waals surface area contributed by atoms with Crippen LogP contribution in [0.2, 0.25) is 0 Å². The van der Waals surface area contributed by atoms with Crippen LogP contribution < -0.4 is 11.5 Å². The second-order valence-electron chi connectivity index (χ2n) is 2.33. The van der Waals surface area contributed by atoms with Crippen LogP contribution in [-0.2, 0) is 0 Å². The summed E-state index contributed by atoms with van der Waals surface area (Å²) in [5.41, 5.74) is 10.7. The van der Waals surface area contributed by atoms with E-state index in [1.807, 2.05) is 0 Å². The highest BCUT2D eigenvalue weighted by Gasteiger charge is 1.93. The molecule has 1 rings (SSSR count). The van der Waals surface area contributed by atoms with Crippen LogP contribution in [0.15, 0.2) is 34.5 Å². The van der Waals surface area contributed by atoms with Crippen LogP contribution in [-0.4, -0.2) is 17.3 Å². The maximum absolute atomic E-state index is 9.27. The first-order valence-electron chi connectivity index (χ1n) is 3.60. The van der Waals surface area contributed by atoms with Gasteiger partial charge in [0.1, 0.15) is 5.75 Å². The zero-order valence-corrected chi connectivity index (χ0v) is 8.11. The predicted octanol–water partition coefficient (Wildman–Crippen LogP) is 0.421. The molecule has 1 aromatic rings. The van der Waals surface area contributed by atoms with Crippen molar-refractivity contribution in [3.05, 3.63) is 29.8 Å². The molecule has 0 amide bonds. The molecule has 5 nitrogen and oxygen atoms in total. The number of nitrogens with zero attached hydrogens (tertiary/aromatic N) is 2. The molecule has 0 saturated heterocycles. The van der Waals surface area contributed by atoms with Crippen molar-refractivity contribution in [2.75, 3.05) is 0 Å². The maximum atomic E-state index is 9.27. The van der Waals surface area contributed by atoms with Gasteiger partial charge in [0.15, 0.2) is 0 Å². The molecule has 1 aromatic carbocycles. The molecule has 0 fully saturated rings. The summed E-state index contributed by atoms with van der Waals surface area (Å²) >= 11 is 0. The largest absolute Gasteiger partial charge is 0.507 e. The monoisotopic (exact) mass is 214 g/mol. The first-order chi connectivity index (χ1) is 6.20. The molecule has 14 heavy (non-hydrogen) atoms. The molecule has 6 heteroatoms. The molecule has 76 valence electrons. The van der Waals surface area contributed by atoms with E-state index >= 15 is 0 Å². The first-order valence-corrected chi connectivity index (χ1v) is 3.60. The van der Waals surface area contributed by atoms with Gasteiger partial charge in [-0.3, -0.25) is 0 Å². The smallest absolute Gasteiger partial charge is 0.211 e. The topological polar surface area (TPSA) is 97.0 Å². The van der Waals surface area contributed by atoms with Gasteiger partial charge in [0.2, 0.25) is 5.96 Å². The first kappa shape index (κ1) is 12.2. The number of benzene rings is 1. The fourth-order valence-corrected chi connectivity index (χ4v) is 0.754. The normalized spacial score (nSPS) is 9.43. The third-order valence-corrected chi connectivity index (χ3v) is 1.31. The Bertz CT molecular complexity index is 347. The highest BCUT2D eigenvalue weighted by Crippen LogP contribution is 2.12. The molecule has 0 saturated carbocycles. The molecule has 0 bridgehead atoms. The van der Waals surface area contributed by atoms with E-state index in [2.05, 4.69) is 10.2 Å². The van der Waals surface area contributed by atoms with Gasteiger partial charge in [-0.15, -0.1) is 17.5 Å². The lowest BCUT2D eigenvalue weighted by Gasteiger charge is -1.94. The van der Waals surface area contributed by atoms with Crippen molar-refractivity contribution in [2.24, 2.45) is 21.7 Å². The summed E-state index contributed by atoms with van der Waals surface area (Å²) in [6, 6.07) is 6.74. The standard InChI is InChI=1S/C8H10N4O.ClH/c9-8(10)12-11-5-6-3-1-2-4-7(6)13;/h1-5,13H,(H4,9,10,12);1H/b11-5+;. The van der Waals surface area contributed by atoms with Gasteiger partial charge < -0.3 is 16.6 Å². The lowest BCUT2D eigenvalue weighted by molar-refractivity contribution is 0.474. The lowest BCUT2D eigenvalue weighted by Crippen LogP contribution is -2.21. The van der Waals surface area contributed by atoms with Gasteiger partial charge >= 0.3 is 0 Å². The van der Waals surface area contributed by atoms with Crippen molar-refractivity contribution in [3.63, 3.8) is 0 Å². The molecule has 0 aliphatic carbocycles. The molecule has 0 spiro atoms. The fraction of sp³-hybridized carbons (Fsp3) is 0. The molecular weight excluding hydrogens is 204 g/mol. The number of hydrogen-bond donors (Lipinski definition) is 3. The highest BCUT2D eigenvalue weighted by molar-refractivity contribution is 5.85. The SMILES string of the molecule is Cl.NC(N)=N/N=C/c1ccccc1O. The van der Waals surface area contributed by atoms with Crippen LogP contribution in [0, 0.1) is 0 Å². The molecular formula is C8H11ClN4O. The van der Waals surface area contributed by atoms with Crippen molar-refractivity contribution < 1.29 is 5.11 Å². The summed E-state index contributed by atoms with van der Waals surface area (Å²) < 4.78 is 0. The Balaban J connectivity index is 0.00000169. The van der Waals surface area contributed by atoms with E-state index in [1.165, 1.54) is 6.21 Å². The summed E-state index contributed by atoms with van der Waals surface area (Å²) in [6.45, 7) is 0. The zero-order chi connectivity index (χ0) is 9.68. The number of aromatic hydroxyl groups is 1. The Morgan fingerprint density at radius 3 is 2.50 bits per heavy atom. The fourth-order valence-electron chi connectivity index (χ4n) is 0.754. The van der Waals surface area contributed by atoms with Crippen LogP contribution >= 0.6 is 12.4 Å². The number of nitrogens with two attached hydrogens (primary N) is 2. The van der Waals surface area contributed by atoms with E-state index in [1.54, 1.807) is 24.3 Å². The van der Waals surface area contributed by atoms with Gasteiger partial charge in [-0.2, -0.15) is 5.10 Å². The van der Waals surface area contributed by atoms with Crippen molar-refractivity contribution in [1.29, 1.82) is 0 Å². The van der Waals surface area contributed by atoms with Gasteiger partial charge in [-0.1, -0.05) is 12.1 Å². The van der Waals surface area contributed by atoms with Crippen LogP contribution in [0.25, 0.3) is 0 Å². The lowest BCUT2D eigenvalue weighted by atomic mass is 10.2. The van der Waals surface area contributed by atoms with Crippen molar-refractivity contribution in [2.45, 2.75) is 0 Å². The van der Waals surface area contributed by atoms with Crippen molar-refractivity contribution in [1.82, 2.24) is 0 Å². The van der Waals surface area contributed by atoms with Crippen LogP contribution in [0.4, 0.5) is 0 Å². The Morgan fingerprint density at radius 1 is 1.29 bits per heavy atom. The number of para-hydroxylation sites is 1. The molecule has 5 N–H and O–H groups in total. The van der Waals surface area contributed by atoms with E-state index in [9.17, 15) is 5.11 Å². The summed E-state index contributed by atoms with van der Waals surface area (Å²) in [4.78, 5) is 0. The summed E-state index contributed by atoms with van der Waals surface area (Å²) in [5, 5.41) is 16.2. The second-order valence-corrected chi connectivity index (χ2v) is 2.33. The molecule has 0 radical (unpaired) electrons. The minimum atomic E-state index is -0.119. The van der Waals surface area contributed by atoms with Crippen LogP contribution in [0.1, 0.15) is 5.56 Å². The van der Waals surface area contributed by atoms with Crippen molar-refractivity contribution in [3.8, 4) is 5.75 Å². The third-order valence-electron chi connectivity index (χ3n) is 1.31. The predicted molar refractivity (Wildman–Crippen MR) is 58.8 cm³/mol. The van der Waals surface area contributed by atoms with Gasteiger partial charge in [0, 0.05) is 5.56 Å². The number of hydrogen-bond acceptors (Lipinski definition) is 3. The molecule has 0 atom stereocenters. The average molecular weight is 215 g/mol. The van der Waals surface area contributed by atoms with Crippen LogP contribution in [0.5, 0.6) is 5.75 Å². The molecule has 0 heterocycles.